The fraction of sp³-hybridized carbons (Fsp3) is 0.556. The van der Waals surface area contributed by atoms with Gasteiger partial charge in [0.15, 0.2) is 0 Å². The number of aromatic nitrogens is 3. The summed E-state index contributed by atoms with van der Waals surface area (Å²) in [6, 6.07) is 8.30. The maximum Gasteiger partial charge on any atom is 0.142 e. The molecule has 6 nitrogen and oxygen atoms in total. The van der Waals surface area contributed by atoms with Crippen molar-refractivity contribution in [2.45, 2.75) is 25.8 Å². The van der Waals surface area contributed by atoms with Crippen LogP contribution in [0.3, 0.4) is 0 Å². The van der Waals surface area contributed by atoms with E-state index in [1.54, 1.807) is 19.8 Å². The quantitative estimate of drug-likeness (QED) is 0.695. The standard InChI is InChI=1S/C18H27N5O/c1-24-18-8-4-3-7-17(18)22-13-11-21(12-14-22)9-5-2-6-10-23-16-19-15-20-23/h3-4,7-8,15-16H,2,5-6,9-14H2,1H3. The number of rotatable bonds is 8. The van der Waals surface area contributed by atoms with E-state index in [9.17, 15) is 0 Å². The van der Waals surface area contributed by atoms with Crippen LogP contribution in [0.5, 0.6) is 5.75 Å². The molecule has 0 amide bonds. The van der Waals surface area contributed by atoms with Crippen LogP contribution in [-0.2, 0) is 6.54 Å². The number of unbranched alkanes of at least 4 members (excludes halogenated alkanes) is 2. The molecule has 6 heteroatoms. The molecule has 130 valence electrons. The molecule has 24 heavy (non-hydrogen) atoms. The number of aryl methyl sites for hydroxylation is 1. The highest BCUT2D eigenvalue weighted by Gasteiger charge is 2.18. The second-order valence-corrected chi connectivity index (χ2v) is 6.22. The number of methoxy groups -OCH3 is 1. The Morgan fingerprint density at radius 3 is 2.54 bits per heavy atom. The van der Waals surface area contributed by atoms with E-state index in [2.05, 4.69) is 32.0 Å². The van der Waals surface area contributed by atoms with Gasteiger partial charge < -0.3 is 9.64 Å². The Bertz CT molecular complexity index is 593. The number of anilines is 1. The molecule has 1 fully saturated rings. The molecule has 0 radical (unpaired) electrons. The lowest BCUT2D eigenvalue weighted by molar-refractivity contribution is 0.250. The van der Waals surface area contributed by atoms with Gasteiger partial charge in [-0.3, -0.25) is 9.58 Å². The lowest BCUT2D eigenvalue weighted by Gasteiger charge is -2.36. The number of hydrogen-bond acceptors (Lipinski definition) is 5. The zero-order valence-electron chi connectivity index (χ0n) is 14.5. The zero-order valence-corrected chi connectivity index (χ0v) is 14.5. The van der Waals surface area contributed by atoms with Crippen LogP contribution in [0.1, 0.15) is 19.3 Å². The number of para-hydroxylation sites is 2. The summed E-state index contributed by atoms with van der Waals surface area (Å²) in [6.07, 6.45) is 7.05. The summed E-state index contributed by atoms with van der Waals surface area (Å²) >= 11 is 0. The maximum atomic E-state index is 5.48. The molecule has 1 aromatic heterocycles. The van der Waals surface area contributed by atoms with Gasteiger partial charge in [-0.25, -0.2) is 4.98 Å². The van der Waals surface area contributed by atoms with Gasteiger partial charge in [0.05, 0.1) is 12.8 Å². The summed E-state index contributed by atoms with van der Waals surface area (Å²) in [7, 11) is 1.74. The van der Waals surface area contributed by atoms with Crippen LogP contribution in [0.25, 0.3) is 0 Å². The van der Waals surface area contributed by atoms with Gasteiger partial charge in [-0.2, -0.15) is 5.10 Å². The molecule has 3 rings (SSSR count). The third-order valence-electron chi connectivity index (χ3n) is 4.63. The van der Waals surface area contributed by atoms with E-state index >= 15 is 0 Å². The molecule has 0 N–H and O–H groups in total. The van der Waals surface area contributed by atoms with E-state index in [0.717, 1.165) is 38.5 Å². The molecule has 1 saturated heterocycles. The number of piperazine rings is 1. The number of ether oxygens (including phenoxy) is 1. The first-order valence-electron chi connectivity index (χ1n) is 8.79. The zero-order chi connectivity index (χ0) is 16.6. The molecule has 0 unspecified atom stereocenters. The highest BCUT2D eigenvalue weighted by Crippen LogP contribution is 2.28. The maximum absolute atomic E-state index is 5.48. The van der Waals surface area contributed by atoms with Gasteiger partial charge in [-0.15, -0.1) is 0 Å². The Labute approximate surface area is 144 Å². The average molecular weight is 329 g/mol. The van der Waals surface area contributed by atoms with Crippen molar-refractivity contribution in [3.63, 3.8) is 0 Å². The van der Waals surface area contributed by atoms with Gasteiger partial charge in [0.1, 0.15) is 18.4 Å². The van der Waals surface area contributed by atoms with Crippen molar-refractivity contribution in [2.24, 2.45) is 0 Å². The first-order valence-corrected chi connectivity index (χ1v) is 8.79. The van der Waals surface area contributed by atoms with Gasteiger partial charge in [0.25, 0.3) is 0 Å². The van der Waals surface area contributed by atoms with Crippen molar-refractivity contribution in [3.8, 4) is 5.75 Å². The van der Waals surface area contributed by atoms with E-state index in [4.69, 9.17) is 4.74 Å². The average Bonchev–Trinajstić information content (AvgIpc) is 3.15. The van der Waals surface area contributed by atoms with Crippen LogP contribution in [-0.4, -0.2) is 59.5 Å². The fourth-order valence-corrected chi connectivity index (χ4v) is 3.24. The van der Waals surface area contributed by atoms with E-state index in [1.165, 1.54) is 31.5 Å². The van der Waals surface area contributed by atoms with Crippen LogP contribution >= 0.6 is 0 Å². The molecule has 2 heterocycles. The molecule has 0 atom stereocenters. The SMILES string of the molecule is COc1ccccc1N1CCN(CCCCCn2cncn2)CC1. The molecular weight excluding hydrogens is 302 g/mol. The van der Waals surface area contributed by atoms with Crippen molar-refractivity contribution < 1.29 is 4.74 Å². The van der Waals surface area contributed by atoms with Crippen LogP contribution in [0, 0.1) is 0 Å². The predicted molar refractivity (Wildman–Crippen MR) is 95.5 cm³/mol. The Hall–Kier alpha value is -2.08. The van der Waals surface area contributed by atoms with Gasteiger partial charge in [0.2, 0.25) is 0 Å². The van der Waals surface area contributed by atoms with Crippen molar-refractivity contribution >= 4 is 5.69 Å². The normalized spacial score (nSPS) is 15.6. The smallest absolute Gasteiger partial charge is 0.142 e. The van der Waals surface area contributed by atoms with Crippen LogP contribution in [0.2, 0.25) is 0 Å². The van der Waals surface area contributed by atoms with Crippen LogP contribution in [0.4, 0.5) is 5.69 Å². The third kappa shape index (κ3) is 4.47. The number of benzene rings is 1. The molecule has 2 aromatic rings. The summed E-state index contributed by atoms with van der Waals surface area (Å²) < 4.78 is 7.39. The van der Waals surface area contributed by atoms with Crippen LogP contribution < -0.4 is 9.64 Å². The van der Waals surface area contributed by atoms with Gasteiger partial charge >= 0.3 is 0 Å². The number of nitrogens with zero attached hydrogens (tertiary/aromatic N) is 5. The van der Waals surface area contributed by atoms with Crippen molar-refractivity contribution in [2.75, 3.05) is 44.7 Å². The second kappa shape index (κ2) is 8.68. The van der Waals surface area contributed by atoms with Gasteiger partial charge in [0, 0.05) is 32.7 Å². The first-order chi connectivity index (χ1) is 11.9. The molecular formula is C18H27N5O. The highest BCUT2D eigenvalue weighted by atomic mass is 16.5. The Morgan fingerprint density at radius 1 is 1.00 bits per heavy atom. The largest absolute Gasteiger partial charge is 0.495 e. The Morgan fingerprint density at radius 2 is 1.79 bits per heavy atom. The minimum atomic E-state index is 0.971. The van der Waals surface area contributed by atoms with Crippen LogP contribution in [0.15, 0.2) is 36.9 Å². The molecule has 0 saturated carbocycles. The lowest BCUT2D eigenvalue weighted by atomic mass is 10.2. The highest BCUT2D eigenvalue weighted by molar-refractivity contribution is 5.58. The summed E-state index contributed by atoms with van der Waals surface area (Å²) in [4.78, 5) is 8.97. The van der Waals surface area contributed by atoms with Crippen molar-refractivity contribution in [1.82, 2.24) is 19.7 Å². The minimum absolute atomic E-state index is 0.971. The summed E-state index contributed by atoms with van der Waals surface area (Å²) in [5, 5.41) is 4.13. The van der Waals surface area contributed by atoms with E-state index in [-0.39, 0.29) is 0 Å². The Balaban J connectivity index is 1.35. The lowest BCUT2D eigenvalue weighted by Crippen LogP contribution is -2.46. The topological polar surface area (TPSA) is 46.4 Å². The molecule has 1 aromatic carbocycles. The summed E-state index contributed by atoms with van der Waals surface area (Å²) in [5.41, 5.74) is 1.22. The fourth-order valence-electron chi connectivity index (χ4n) is 3.24. The third-order valence-corrected chi connectivity index (χ3v) is 4.63. The molecule has 1 aliphatic rings. The minimum Gasteiger partial charge on any atom is -0.495 e. The predicted octanol–water partition coefficient (Wildman–Crippen LogP) is 2.28. The first kappa shape index (κ1) is 16.8. The van der Waals surface area contributed by atoms with Crippen molar-refractivity contribution in [3.05, 3.63) is 36.9 Å². The van der Waals surface area contributed by atoms with Gasteiger partial charge in [-0.05, 0) is 31.5 Å². The van der Waals surface area contributed by atoms with E-state index in [0.29, 0.717) is 0 Å². The monoisotopic (exact) mass is 329 g/mol. The molecule has 1 aliphatic heterocycles. The Kier molecular flexibility index (Phi) is 6.07. The van der Waals surface area contributed by atoms with Gasteiger partial charge in [-0.1, -0.05) is 18.6 Å². The van der Waals surface area contributed by atoms with E-state index < -0.39 is 0 Å². The second-order valence-electron chi connectivity index (χ2n) is 6.22. The van der Waals surface area contributed by atoms with Crippen molar-refractivity contribution in [1.29, 1.82) is 0 Å². The van der Waals surface area contributed by atoms with E-state index in [1.807, 2.05) is 16.8 Å². The summed E-state index contributed by atoms with van der Waals surface area (Å²) in [5.74, 6) is 0.971. The number of hydrogen-bond donors (Lipinski definition) is 0. The molecule has 0 bridgehead atoms. The molecule has 0 aliphatic carbocycles. The summed E-state index contributed by atoms with van der Waals surface area (Å²) in [6.45, 7) is 6.56. The molecule has 0 spiro atoms.